The minimum Gasteiger partial charge on any atom is -0.495 e. The van der Waals surface area contributed by atoms with Gasteiger partial charge in [0.25, 0.3) is 0 Å². The van der Waals surface area contributed by atoms with Crippen LogP contribution in [0.15, 0.2) is 18.2 Å². The Morgan fingerprint density at radius 2 is 1.90 bits per heavy atom. The fraction of sp³-hybridized carbons (Fsp3) is 0.429. The molecule has 6 heteroatoms. The number of ether oxygens (including phenoxy) is 1. The summed E-state index contributed by atoms with van der Waals surface area (Å²) < 4.78 is 5.15. The van der Waals surface area contributed by atoms with Crippen molar-refractivity contribution in [3.8, 4) is 5.75 Å². The average Bonchev–Trinajstić information content (AvgIpc) is 2.37. The van der Waals surface area contributed by atoms with Gasteiger partial charge in [-0.2, -0.15) is 0 Å². The van der Waals surface area contributed by atoms with Crippen LogP contribution in [0.2, 0.25) is 0 Å². The molecule has 0 heterocycles. The van der Waals surface area contributed by atoms with Gasteiger partial charge >= 0.3 is 0 Å². The first-order valence-electron chi connectivity index (χ1n) is 6.27. The lowest BCUT2D eigenvalue weighted by molar-refractivity contribution is -0.123. The Morgan fingerprint density at radius 1 is 1.25 bits per heavy atom. The molecular weight excluding hydrogens is 258 g/mol. The molecule has 2 amide bonds. The van der Waals surface area contributed by atoms with Crippen LogP contribution in [0.4, 0.5) is 11.4 Å². The van der Waals surface area contributed by atoms with Gasteiger partial charge in [0, 0.05) is 11.1 Å². The number of hydrogen-bond donors (Lipinski definition) is 3. The molecule has 0 aromatic heterocycles. The fourth-order valence-electron chi connectivity index (χ4n) is 1.40. The largest absolute Gasteiger partial charge is 0.495 e. The van der Waals surface area contributed by atoms with E-state index in [1.165, 1.54) is 7.11 Å². The van der Waals surface area contributed by atoms with Gasteiger partial charge in [0.05, 0.1) is 19.3 Å². The SMILES string of the molecule is COc1ccc(NC(=O)C(C)(C)C)cc1NC(=O)CN. The Hall–Kier alpha value is -2.08. The molecule has 110 valence electrons. The number of rotatable bonds is 4. The summed E-state index contributed by atoms with van der Waals surface area (Å²) in [6.07, 6.45) is 0. The van der Waals surface area contributed by atoms with E-state index in [1.807, 2.05) is 20.8 Å². The molecule has 0 saturated heterocycles. The van der Waals surface area contributed by atoms with E-state index in [0.29, 0.717) is 17.1 Å². The van der Waals surface area contributed by atoms with Gasteiger partial charge in [0.1, 0.15) is 5.75 Å². The van der Waals surface area contributed by atoms with Crippen LogP contribution in [-0.4, -0.2) is 25.5 Å². The van der Waals surface area contributed by atoms with Crippen LogP contribution in [0.3, 0.4) is 0 Å². The molecule has 0 unspecified atom stereocenters. The van der Waals surface area contributed by atoms with Crippen LogP contribution in [0.25, 0.3) is 0 Å². The highest BCUT2D eigenvalue weighted by atomic mass is 16.5. The third kappa shape index (κ3) is 4.24. The van der Waals surface area contributed by atoms with Crippen molar-refractivity contribution in [2.75, 3.05) is 24.3 Å². The highest BCUT2D eigenvalue weighted by Crippen LogP contribution is 2.28. The monoisotopic (exact) mass is 279 g/mol. The Bertz CT molecular complexity index is 507. The molecule has 0 spiro atoms. The topological polar surface area (TPSA) is 93.5 Å². The molecule has 0 saturated carbocycles. The lowest BCUT2D eigenvalue weighted by Crippen LogP contribution is -2.27. The third-order valence-corrected chi connectivity index (χ3v) is 2.60. The van der Waals surface area contributed by atoms with Gasteiger partial charge in [0.2, 0.25) is 11.8 Å². The van der Waals surface area contributed by atoms with E-state index in [9.17, 15) is 9.59 Å². The van der Waals surface area contributed by atoms with Crippen molar-refractivity contribution in [1.82, 2.24) is 0 Å². The van der Waals surface area contributed by atoms with Gasteiger partial charge < -0.3 is 21.1 Å². The molecule has 1 aromatic rings. The van der Waals surface area contributed by atoms with Crippen LogP contribution >= 0.6 is 0 Å². The summed E-state index contributed by atoms with van der Waals surface area (Å²) in [6.45, 7) is 5.34. The minimum absolute atomic E-state index is 0.112. The van der Waals surface area contributed by atoms with Gasteiger partial charge in [0.15, 0.2) is 0 Å². The van der Waals surface area contributed by atoms with Crippen molar-refractivity contribution in [2.24, 2.45) is 11.1 Å². The maximum Gasteiger partial charge on any atom is 0.238 e. The van der Waals surface area contributed by atoms with E-state index in [2.05, 4.69) is 10.6 Å². The number of nitrogens with two attached hydrogens (primary N) is 1. The molecule has 20 heavy (non-hydrogen) atoms. The molecule has 1 rings (SSSR count). The zero-order chi connectivity index (χ0) is 15.3. The smallest absolute Gasteiger partial charge is 0.238 e. The third-order valence-electron chi connectivity index (χ3n) is 2.60. The van der Waals surface area contributed by atoms with Crippen molar-refractivity contribution >= 4 is 23.2 Å². The van der Waals surface area contributed by atoms with Crippen molar-refractivity contribution < 1.29 is 14.3 Å². The summed E-state index contributed by atoms with van der Waals surface area (Å²) in [7, 11) is 1.50. The Labute approximate surface area is 118 Å². The highest BCUT2D eigenvalue weighted by Gasteiger charge is 2.21. The number of methoxy groups -OCH3 is 1. The summed E-state index contributed by atoms with van der Waals surface area (Å²) >= 11 is 0. The minimum atomic E-state index is -0.499. The summed E-state index contributed by atoms with van der Waals surface area (Å²) in [5.74, 6) is 0.0573. The van der Waals surface area contributed by atoms with Crippen LogP contribution in [0, 0.1) is 5.41 Å². The van der Waals surface area contributed by atoms with Gasteiger partial charge in [-0.25, -0.2) is 0 Å². The molecule has 4 N–H and O–H groups in total. The number of carbonyl (C=O) groups excluding carboxylic acids is 2. The standard InChI is InChI=1S/C14H21N3O3/c1-14(2,3)13(19)16-9-5-6-11(20-4)10(7-9)17-12(18)8-15/h5-7H,8,15H2,1-4H3,(H,16,19)(H,17,18). The molecular formula is C14H21N3O3. The fourth-order valence-corrected chi connectivity index (χ4v) is 1.40. The second-order valence-corrected chi connectivity index (χ2v) is 5.37. The normalized spacial score (nSPS) is 10.8. The van der Waals surface area contributed by atoms with Crippen LogP contribution in [-0.2, 0) is 9.59 Å². The average molecular weight is 279 g/mol. The highest BCUT2D eigenvalue weighted by molar-refractivity contribution is 5.97. The number of anilines is 2. The number of carbonyl (C=O) groups is 2. The van der Waals surface area contributed by atoms with E-state index in [4.69, 9.17) is 10.5 Å². The van der Waals surface area contributed by atoms with Crippen LogP contribution in [0.1, 0.15) is 20.8 Å². The van der Waals surface area contributed by atoms with Crippen molar-refractivity contribution in [1.29, 1.82) is 0 Å². The summed E-state index contributed by atoms with van der Waals surface area (Å²) in [5.41, 5.74) is 5.81. The van der Waals surface area contributed by atoms with Crippen molar-refractivity contribution in [3.63, 3.8) is 0 Å². The molecule has 0 aliphatic heterocycles. The number of nitrogens with one attached hydrogen (secondary N) is 2. The molecule has 0 aliphatic carbocycles. The number of benzene rings is 1. The first-order valence-corrected chi connectivity index (χ1v) is 6.27. The zero-order valence-corrected chi connectivity index (χ0v) is 12.2. The number of amides is 2. The molecule has 0 bridgehead atoms. The van der Waals surface area contributed by atoms with E-state index in [1.54, 1.807) is 18.2 Å². The first kappa shape index (κ1) is 16.0. The lowest BCUT2D eigenvalue weighted by atomic mass is 9.95. The lowest BCUT2D eigenvalue weighted by Gasteiger charge is -2.18. The van der Waals surface area contributed by atoms with Crippen LogP contribution < -0.4 is 21.1 Å². The summed E-state index contributed by atoms with van der Waals surface area (Å²) in [5, 5.41) is 5.41. The van der Waals surface area contributed by atoms with Crippen molar-refractivity contribution in [3.05, 3.63) is 18.2 Å². The first-order chi connectivity index (χ1) is 9.27. The zero-order valence-electron chi connectivity index (χ0n) is 12.2. The number of hydrogen-bond acceptors (Lipinski definition) is 4. The quantitative estimate of drug-likeness (QED) is 0.780. The molecule has 0 atom stereocenters. The maximum atomic E-state index is 11.9. The van der Waals surface area contributed by atoms with E-state index >= 15 is 0 Å². The molecule has 0 aliphatic rings. The molecule has 0 fully saturated rings. The Morgan fingerprint density at radius 3 is 2.40 bits per heavy atom. The summed E-state index contributed by atoms with van der Waals surface area (Å²) in [6, 6.07) is 5.01. The van der Waals surface area contributed by atoms with Gasteiger partial charge in [-0.05, 0) is 18.2 Å². The van der Waals surface area contributed by atoms with Gasteiger partial charge in [-0.15, -0.1) is 0 Å². The van der Waals surface area contributed by atoms with Gasteiger partial charge in [-0.1, -0.05) is 20.8 Å². The second kappa shape index (κ2) is 6.38. The van der Waals surface area contributed by atoms with E-state index in [-0.39, 0.29) is 18.4 Å². The van der Waals surface area contributed by atoms with Crippen LogP contribution in [0.5, 0.6) is 5.75 Å². The maximum absolute atomic E-state index is 11.9. The molecule has 1 aromatic carbocycles. The molecule has 0 radical (unpaired) electrons. The predicted octanol–water partition coefficient (Wildman–Crippen LogP) is 1.58. The van der Waals surface area contributed by atoms with Crippen molar-refractivity contribution in [2.45, 2.75) is 20.8 Å². The van der Waals surface area contributed by atoms with E-state index in [0.717, 1.165) is 0 Å². The Balaban J connectivity index is 2.98. The predicted molar refractivity (Wildman–Crippen MR) is 78.8 cm³/mol. The van der Waals surface area contributed by atoms with E-state index < -0.39 is 5.41 Å². The molecule has 6 nitrogen and oxygen atoms in total. The second-order valence-electron chi connectivity index (χ2n) is 5.37. The van der Waals surface area contributed by atoms with Gasteiger partial charge in [-0.3, -0.25) is 9.59 Å². The summed E-state index contributed by atoms with van der Waals surface area (Å²) in [4.78, 5) is 23.3. The Kier molecular flexibility index (Phi) is 5.10.